The largest absolute Gasteiger partial charge is 0.314 e. The SMILES string of the molecule is CCCCCC(C)(C)CN1C2CCC1CC(NCCC)C2. The van der Waals surface area contributed by atoms with Crippen molar-refractivity contribution >= 4 is 0 Å². The van der Waals surface area contributed by atoms with Gasteiger partial charge in [-0.2, -0.15) is 0 Å². The van der Waals surface area contributed by atoms with Crippen LogP contribution < -0.4 is 5.32 Å². The molecule has 1 N–H and O–H groups in total. The first-order chi connectivity index (χ1) is 10.1. The van der Waals surface area contributed by atoms with Crippen molar-refractivity contribution in [3.8, 4) is 0 Å². The third kappa shape index (κ3) is 4.96. The van der Waals surface area contributed by atoms with Crippen LogP contribution >= 0.6 is 0 Å². The van der Waals surface area contributed by atoms with Crippen LogP contribution in [-0.2, 0) is 0 Å². The lowest BCUT2D eigenvalue weighted by molar-refractivity contribution is 0.0693. The van der Waals surface area contributed by atoms with E-state index in [4.69, 9.17) is 0 Å². The minimum atomic E-state index is 0.500. The Labute approximate surface area is 133 Å². The molecule has 0 aromatic heterocycles. The number of nitrogens with one attached hydrogen (secondary N) is 1. The fraction of sp³-hybridized carbons (Fsp3) is 1.00. The molecule has 2 nitrogen and oxygen atoms in total. The zero-order chi connectivity index (χ0) is 15.3. The summed E-state index contributed by atoms with van der Waals surface area (Å²) in [6.45, 7) is 12.1. The zero-order valence-corrected chi connectivity index (χ0v) is 15.0. The van der Waals surface area contributed by atoms with E-state index in [2.05, 4.69) is 37.9 Å². The highest BCUT2D eigenvalue weighted by Gasteiger charge is 2.42. The van der Waals surface area contributed by atoms with Gasteiger partial charge in [0, 0.05) is 24.7 Å². The van der Waals surface area contributed by atoms with Crippen molar-refractivity contribution in [3.05, 3.63) is 0 Å². The number of hydrogen-bond acceptors (Lipinski definition) is 2. The van der Waals surface area contributed by atoms with Gasteiger partial charge in [-0.05, 0) is 50.5 Å². The Bertz CT molecular complexity index is 286. The first kappa shape index (κ1) is 17.3. The van der Waals surface area contributed by atoms with Gasteiger partial charge in [-0.3, -0.25) is 4.90 Å². The van der Waals surface area contributed by atoms with Gasteiger partial charge in [-0.15, -0.1) is 0 Å². The number of rotatable bonds is 9. The lowest BCUT2D eigenvalue weighted by Gasteiger charge is -2.43. The normalized spacial score (nSPS) is 30.0. The molecule has 2 heterocycles. The molecule has 0 amide bonds. The third-order valence-corrected chi connectivity index (χ3v) is 5.64. The van der Waals surface area contributed by atoms with Crippen molar-refractivity contribution in [2.45, 2.75) is 104 Å². The van der Waals surface area contributed by atoms with Crippen LogP contribution in [0.4, 0.5) is 0 Å². The standard InChI is InChI=1S/C19H38N2/c1-5-7-8-11-19(3,4)15-21-17-9-10-18(21)14-16(13-17)20-12-6-2/h16-18,20H,5-15H2,1-4H3. The van der Waals surface area contributed by atoms with Gasteiger partial charge >= 0.3 is 0 Å². The molecule has 2 fully saturated rings. The predicted molar refractivity (Wildman–Crippen MR) is 92.8 cm³/mol. The zero-order valence-electron chi connectivity index (χ0n) is 15.0. The second-order valence-corrected chi connectivity index (χ2v) is 8.30. The van der Waals surface area contributed by atoms with E-state index in [0.717, 1.165) is 18.1 Å². The molecular formula is C19H38N2. The summed E-state index contributed by atoms with van der Waals surface area (Å²) in [5, 5.41) is 3.77. The van der Waals surface area contributed by atoms with E-state index in [0.29, 0.717) is 5.41 Å². The highest BCUT2D eigenvalue weighted by atomic mass is 15.2. The summed E-state index contributed by atoms with van der Waals surface area (Å²) >= 11 is 0. The quantitative estimate of drug-likeness (QED) is 0.626. The van der Waals surface area contributed by atoms with Gasteiger partial charge in [-0.25, -0.2) is 0 Å². The van der Waals surface area contributed by atoms with Crippen LogP contribution in [0, 0.1) is 5.41 Å². The van der Waals surface area contributed by atoms with Crippen LogP contribution in [0.5, 0.6) is 0 Å². The van der Waals surface area contributed by atoms with E-state index in [1.54, 1.807) is 0 Å². The Morgan fingerprint density at radius 3 is 2.24 bits per heavy atom. The van der Waals surface area contributed by atoms with E-state index >= 15 is 0 Å². The maximum absolute atomic E-state index is 3.77. The molecule has 2 saturated heterocycles. The highest BCUT2D eigenvalue weighted by molar-refractivity contribution is 4.98. The van der Waals surface area contributed by atoms with Gasteiger partial charge in [0.2, 0.25) is 0 Å². The van der Waals surface area contributed by atoms with Crippen LogP contribution in [0.15, 0.2) is 0 Å². The van der Waals surface area contributed by atoms with E-state index < -0.39 is 0 Å². The summed E-state index contributed by atoms with van der Waals surface area (Å²) in [6, 6.07) is 2.52. The van der Waals surface area contributed by atoms with Crippen molar-refractivity contribution in [1.29, 1.82) is 0 Å². The smallest absolute Gasteiger partial charge is 0.0114 e. The van der Waals surface area contributed by atoms with Crippen LogP contribution in [-0.4, -0.2) is 36.1 Å². The first-order valence-electron chi connectivity index (χ1n) is 9.55. The molecule has 2 bridgehead atoms. The van der Waals surface area contributed by atoms with Crippen LogP contribution in [0.1, 0.15) is 85.5 Å². The summed E-state index contributed by atoms with van der Waals surface area (Å²) < 4.78 is 0. The van der Waals surface area contributed by atoms with Crippen LogP contribution in [0.25, 0.3) is 0 Å². The Hall–Kier alpha value is -0.0800. The molecule has 0 spiro atoms. The minimum absolute atomic E-state index is 0.500. The molecule has 124 valence electrons. The van der Waals surface area contributed by atoms with Gasteiger partial charge in [0.05, 0.1) is 0 Å². The Morgan fingerprint density at radius 2 is 1.67 bits per heavy atom. The molecule has 2 heteroatoms. The molecule has 2 rings (SSSR count). The Kier molecular flexibility index (Phi) is 6.55. The second kappa shape index (κ2) is 7.97. The van der Waals surface area contributed by atoms with Crippen LogP contribution in [0.3, 0.4) is 0 Å². The van der Waals surface area contributed by atoms with Crippen molar-refractivity contribution in [1.82, 2.24) is 10.2 Å². The monoisotopic (exact) mass is 294 g/mol. The van der Waals surface area contributed by atoms with Crippen molar-refractivity contribution in [3.63, 3.8) is 0 Å². The molecule has 21 heavy (non-hydrogen) atoms. The molecule has 0 aromatic carbocycles. The molecule has 0 saturated carbocycles. The third-order valence-electron chi connectivity index (χ3n) is 5.64. The Balaban J connectivity index is 1.82. The van der Waals surface area contributed by atoms with Crippen molar-refractivity contribution in [2.75, 3.05) is 13.1 Å². The van der Waals surface area contributed by atoms with E-state index in [-0.39, 0.29) is 0 Å². The molecule has 2 aliphatic heterocycles. The molecule has 2 aliphatic rings. The number of hydrogen-bond donors (Lipinski definition) is 1. The van der Waals surface area contributed by atoms with Crippen LogP contribution in [0.2, 0.25) is 0 Å². The molecule has 0 radical (unpaired) electrons. The van der Waals surface area contributed by atoms with E-state index in [1.807, 2.05) is 0 Å². The fourth-order valence-corrected chi connectivity index (χ4v) is 4.47. The average molecular weight is 295 g/mol. The Morgan fingerprint density at radius 1 is 1.00 bits per heavy atom. The molecule has 2 unspecified atom stereocenters. The fourth-order valence-electron chi connectivity index (χ4n) is 4.47. The van der Waals surface area contributed by atoms with Crippen molar-refractivity contribution in [2.24, 2.45) is 5.41 Å². The first-order valence-corrected chi connectivity index (χ1v) is 9.55. The molecular weight excluding hydrogens is 256 g/mol. The minimum Gasteiger partial charge on any atom is -0.314 e. The van der Waals surface area contributed by atoms with Gasteiger partial charge < -0.3 is 5.32 Å². The molecule has 0 aliphatic carbocycles. The van der Waals surface area contributed by atoms with Gasteiger partial charge in [0.25, 0.3) is 0 Å². The van der Waals surface area contributed by atoms with Gasteiger partial charge in [0.1, 0.15) is 0 Å². The maximum atomic E-state index is 3.77. The summed E-state index contributed by atoms with van der Waals surface area (Å²) in [7, 11) is 0. The van der Waals surface area contributed by atoms with Gasteiger partial charge in [-0.1, -0.05) is 47.0 Å². The predicted octanol–water partition coefficient (Wildman–Crippen LogP) is 4.59. The summed E-state index contributed by atoms with van der Waals surface area (Å²) in [4.78, 5) is 2.88. The number of piperidine rings is 1. The topological polar surface area (TPSA) is 15.3 Å². The summed E-state index contributed by atoms with van der Waals surface area (Å²) in [6.07, 6.45) is 12.5. The average Bonchev–Trinajstić information content (AvgIpc) is 2.67. The summed E-state index contributed by atoms with van der Waals surface area (Å²) in [5.41, 5.74) is 0.500. The molecule has 2 atom stereocenters. The maximum Gasteiger partial charge on any atom is 0.0114 e. The lowest BCUT2D eigenvalue weighted by Crippen LogP contribution is -2.51. The molecule has 0 aromatic rings. The highest BCUT2D eigenvalue weighted by Crippen LogP contribution is 2.39. The summed E-state index contributed by atoms with van der Waals surface area (Å²) in [5.74, 6) is 0. The number of nitrogens with zero attached hydrogens (tertiary/aromatic N) is 1. The lowest BCUT2D eigenvalue weighted by atomic mass is 9.84. The van der Waals surface area contributed by atoms with Crippen molar-refractivity contribution < 1.29 is 0 Å². The number of fused-ring (bicyclic) bond motifs is 2. The number of unbranched alkanes of at least 4 members (excludes halogenated alkanes) is 2. The van der Waals surface area contributed by atoms with Gasteiger partial charge in [0.15, 0.2) is 0 Å². The second-order valence-electron chi connectivity index (χ2n) is 8.30. The van der Waals surface area contributed by atoms with E-state index in [1.165, 1.54) is 70.9 Å². The van der Waals surface area contributed by atoms with E-state index in [9.17, 15) is 0 Å².